The van der Waals surface area contributed by atoms with Crippen molar-refractivity contribution in [3.8, 4) is 0 Å². The minimum atomic E-state index is -3.54. The number of aryl methyl sites for hydroxylation is 1. The van der Waals surface area contributed by atoms with E-state index in [1.165, 1.54) is 4.31 Å². The van der Waals surface area contributed by atoms with Crippen LogP contribution in [0.3, 0.4) is 0 Å². The third kappa shape index (κ3) is 2.69. The van der Waals surface area contributed by atoms with Crippen molar-refractivity contribution in [1.82, 2.24) is 14.3 Å². The van der Waals surface area contributed by atoms with Gasteiger partial charge in [0.25, 0.3) is 0 Å². The second-order valence-corrected chi connectivity index (χ2v) is 9.06. The zero-order chi connectivity index (χ0) is 18.6. The Hall–Kier alpha value is -2.52. The Bertz CT molecular complexity index is 1020. The first-order valence-electron chi connectivity index (χ1n) is 9.02. The molecule has 9 heteroatoms. The molecule has 8 nitrogen and oxygen atoms in total. The molecule has 0 aliphatic carbocycles. The first-order chi connectivity index (χ1) is 13.0. The normalized spacial score (nSPS) is 19.7. The van der Waals surface area contributed by atoms with Crippen molar-refractivity contribution in [2.75, 3.05) is 29.9 Å². The molecular weight excluding hydrogens is 366 g/mol. The lowest BCUT2D eigenvalue weighted by molar-refractivity contribution is -0.118. The van der Waals surface area contributed by atoms with Gasteiger partial charge < -0.3 is 10.2 Å². The van der Waals surface area contributed by atoms with Crippen LogP contribution in [0, 0.1) is 0 Å². The molecule has 4 heterocycles. The van der Waals surface area contributed by atoms with Crippen molar-refractivity contribution in [3.63, 3.8) is 0 Å². The zero-order valence-electron chi connectivity index (χ0n) is 14.6. The number of nitrogens with zero attached hydrogens (tertiary/aromatic N) is 4. The van der Waals surface area contributed by atoms with E-state index in [0.29, 0.717) is 49.7 Å². The molecule has 140 valence electrons. The second kappa shape index (κ2) is 6.00. The average Bonchev–Trinajstić information content (AvgIpc) is 3.07. The molecule has 0 unspecified atom stereocenters. The van der Waals surface area contributed by atoms with Crippen LogP contribution in [0.15, 0.2) is 35.5 Å². The van der Waals surface area contributed by atoms with Gasteiger partial charge in [0.05, 0.1) is 16.6 Å². The Balaban J connectivity index is 1.36. The number of benzene rings is 1. The Kier molecular flexibility index (Phi) is 3.70. The standard InChI is InChI=1S/C18H19N5O3S/c24-16-3-2-12-8-15(9-13-4-7-23(16)17(12)13)27(25,26)22-10-14(11-22)21-18-19-5-1-6-20-18/h1,5-6,8-9,14H,2-4,7,10-11H2,(H,19,20,21). The summed E-state index contributed by atoms with van der Waals surface area (Å²) < 4.78 is 27.5. The van der Waals surface area contributed by atoms with Crippen LogP contribution in [0.5, 0.6) is 0 Å². The van der Waals surface area contributed by atoms with E-state index in [4.69, 9.17) is 0 Å². The molecular formula is C18H19N5O3S. The number of nitrogens with one attached hydrogen (secondary N) is 1. The quantitative estimate of drug-likeness (QED) is 0.836. The van der Waals surface area contributed by atoms with E-state index in [1.807, 2.05) is 0 Å². The number of carbonyl (C=O) groups excluding carboxylic acids is 1. The highest BCUT2D eigenvalue weighted by Gasteiger charge is 2.39. The van der Waals surface area contributed by atoms with Crippen molar-refractivity contribution in [2.45, 2.75) is 30.2 Å². The molecule has 0 saturated carbocycles. The maximum atomic E-state index is 13.0. The molecule has 0 radical (unpaired) electrons. The first kappa shape index (κ1) is 16.6. The summed E-state index contributed by atoms with van der Waals surface area (Å²) in [4.78, 5) is 22.4. The van der Waals surface area contributed by atoms with Crippen molar-refractivity contribution < 1.29 is 13.2 Å². The molecule has 27 heavy (non-hydrogen) atoms. The molecule has 1 fully saturated rings. The van der Waals surface area contributed by atoms with Gasteiger partial charge in [0.1, 0.15) is 0 Å². The monoisotopic (exact) mass is 385 g/mol. The zero-order valence-corrected chi connectivity index (χ0v) is 15.4. The molecule has 0 spiro atoms. The summed E-state index contributed by atoms with van der Waals surface area (Å²) in [6, 6.07) is 5.23. The lowest BCUT2D eigenvalue weighted by atomic mass is 10.00. The molecule has 0 bridgehead atoms. The molecule has 1 aromatic carbocycles. The average molecular weight is 385 g/mol. The van der Waals surface area contributed by atoms with Crippen LogP contribution in [0.2, 0.25) is 0 Å². The van der Waals surface area contributed by atoms with E-state index in [2.05, 4.69) is 15.3 Å². The molecule has 0 atom stereocenters. The summed E-state index contributed by atoms with van der Waals surface area (Å²) in [6.07, 6.45) is 5.06. The number of aromatic nitrogens is 2. The van der Waals surface area contributed by atoms with Gasteiger partial charge in [-0.15, -0.1) is 0 Å². The van der Waals surface area contributed by atoms with Gasteiger partial charge in [-0.1, -0.05) is 0 Å². The summed E-state index contributed by atoms with van der Waals surface area (Å²) in [7, 11) is -3.54. The highest BCUT2D eigenvalue weighted by molar-refractivity contribution is 7.89. The third-order valence-corrected chi connectivity index (χ3v) is 7.22. The molecule has 3 aliphatic heterocycles. The predicted molar refractivity (Wildman–Crippen MR) is 99.0 cm³/mol. The maximum absolute atomic E-state index is 13.0. The van der Waals surface area contributed by atoms with Crippen molar-refractivity contribution >= 4 is 27.6 Å². The smallest absolute Gasteiger partial charge is 0.243 e. The SMILES string of the molecule is O=C1CCc2cc(S(=O)(=O)N3CC(Nc4ncccn4)C3)cc3c2N1CC3. The lowest BCUT2D eigenvalue weighted by Gasteiger charge is -2.38. The van der Waals surface area contributed by atoms with Gasteiger partial charge in [0, 0.05) is 38.4 Å². The number of sulfonamides is 1. The fraction of sp³-hybridized carbons (Fsp3) is 0.389. The van der Waals surface area contributed by atoms with E-state index >= 15 is 0 Å². The summed E-state index contributed by atoms with van der Waals surface area (Å²) in [5, 5.41) is 3.14. The number of hydrogen-bond donors (Lipinski definition) is 1. The third-order valence-electron chi connectivity index (χ3n) is 5.41. The molecule has 1 amide bonds. The molecule has 3 aliphatic rings. The lowest BCUT2D eigenvalue weighted by Crippen LogP contribution is -2.56. The number of carbonyl (C=O) groups is 1. The van der Waals surface area contributed by atoms with Crippen molar-refractivity contribution in [2.24, 2.45) is 0 Å². The van der Waals surface area contributed by atoms with E-state index in [1.54, 1.807) is 35.5 Å². The van der Waals surface area contributed by atoms with E-state index in [9.17, 15) is 13.2 Å². The van der Waals surface area contributed by atoms with E-state index in [0.717, 1.165) is 16.8 Å². The van der Waals surface area contributed by atoms with Gasteiger partial charge in [-0.2, -0.15) is 4.31 Å². The predicted octanol–water partition coefficient (Wildman–Crippen LogP) is 0.797. The van der Waals surface area contributed by atoms with Gasteiger partial charge in [-0.3, -0.25) is 4.79 Å². The fourth-order valence-electron chi connectivity index (χ4n) is 4.01. The summed E-state index contributed by atoms with van der Waals surface area (Å²) >= 11 is 0. The molecule has 2 aromatic rings. The minimum Gasteiger partial charge on any atom is -0.349 e. The molecule has 1 N–H and O–H groups in total. The molecule has 5 rings (SSSR count). The van der Waals surface area contributed by atoms with Crippen LogP contribution in [0.1, 0.15) is 17.5 Å². The summed E-state index contributed by atoms with van der Waals surface area (Å²) in [6.45, 7) is 1.42. The van der Waals surface area contributed by atoms with Crippen molar-refractivity contribution in [3.05, 3.63) is 41.7 Å². The van der Waals surface area contributed by atoms with Crippen LogP contribution in [0.4, 0.5) is 11.6 Å². The van der Waals surface area contributed by atoms with Crippen LogP contribution >= 0.6 is 0 Å². The Morgan fingerprint density at radius 1 is 1.04 bits per heavy atom. The number of rotatable bonds is 4. The van der Waals surface area contributed by atoms with Crippen LogP contribution in [-0.2, 0) is 27.7 Å². The second-order valence-electron chi connectivity index (χ2n) is 7.12. The van der Waals surface area contributed by atoms with Gasteiger partial charge in [0.2, 0.25) is 21.9 Å². The van der Waals surface area contributed by atoms with E-state index < -0.39 is 10.0 Å². The molecule has 1 aromatic heterocycles. The fourth-order valence-corrected chi connectivity index (χ4v) is 5.64. The molecule has 1 saturated heterocycles. The maximum Gasteiger partial charge on any atom is 0.243 e. The number of hydrogen-bond acceptors (Lipinski definition) is 6. The van der Waals surface area contributed by atoms with Gasteiger partial charge in [-0.05, 0) is 42.2 Å². The summed E-state index contributed by atoms with van der Waals surface area (Å²) in [5.74, 6) is 0.642. The summed E-state index contributed by atoms with van der Waals surface area (Å²) in [5.41, 5.74) is 2.87. The highest BCUT2D eigenvalue weighted by atomic mass is 32.2. The Morgan fingerprint density at radius 2 is 1.74 bits per heavy atom. The Morgan fingerprint density at radius 3 is 2.48 bits per heavy atom. The van der Waals surface area contributed by atoms with Crippen molar-refractivity contribution in [1.29, 1.82) is 0 Å². The van der Waals surface area contributed by atoms with E-state index in [-0.39, 0.29) is 11.9 Å². The number of anilines is 2. The highest BCUT2D eigenvalue weighted by Crippen LogP contribution is 2.39. The van der Waals surface area contributed by atoms with Crippen LogP contribution in [-0.4, -0.2) is 54.3 Å². The first-order valence-corrected chi connectivity index (χ1v) is 10.5. The number of amides is 1. The van der Waals surface area contributed by atoms with Crippen LogP contribution in [0.25, 0.3) is 0 Å². The van der Waals surface area contributed by atoms with Gasteiger partial charge in [0.15, 0.2) is 0 Å². The van der Waals surface area contributed by atoms with Crippen LogP contribution < -0.4 is 10.2 Å². The largest absolute Gasteiger partial charge is 0.349 e. The Labute approximate surface area is 157 Å². The minimum absolute atomic E-state index is 0.00284. The van der Waals surface area contributed by atoms with Gasteiger partial charge >= 0.3 is 0 Å². The van der Waals surface area contributed by atoms with Gasteiger partial charge in [-0.25, -0.2) is 18.4 Å². The topological polar surface area (TPSA) is 95.5 Å².